The minimum atomic E-state index is -1.00. The predicted molar refractivity (Wildman–Crippen MR) is 180 cm³/mol. The van der Waals surface area contributed by atoms with Gasteiger partial charge in [0.05, 0.1) is 21.0 Å². The zero-order valence-electron chi connectivity index (χ0n) is 25.1. The van der Waals surface area contributed by atoms with Crippen molar-refractivity contribution in [3.63, 3.8) is 0 Å². The summed E-state index contributed by atoms with van der Waals surface area (Å²) in [4.78, 5) is 73.8. The molecule has 2 N–H and O–H groups in total. The van der Waals surface area contributed by atoms with E-state index in [1.165, 1.54) is 60.7 Å². The monoisotopic (exact) mass is 654 g/mol. The van der Waals surface area contributed by atoms with Crippen LogP contribution in [0.4, 0.5) is 22.7 Å². The Kier molecular flexibility index (Phi) is 8.55. The van der Waals surface area contributed by atoms with Gasteiger partial charge < -0.3 is 15.4 Å². The summed E-state index contributed by atoms with van der Waals surface area (Å²) in [7, 11) is 0. The fraction of sp³-hybridized carbons (Fsp3) is 0. The van der Waals surface area contributed by atoms with Gasteiger partial charge in [0.15, 0.2) is 0 Å². The zero-order valence-corrected chi connectivity index (χ0v) is 25.1. The number of benzene rings is 6. The summed E-state index contributed by atoms with van der Waals surface area (Å²) in [6.07, 6.45) is 0. The molecule has 0 aliphatic heterocycles. The lowest BCUT2D eigenvalue weighted by Gasteiger charge is -2.13. The number of amides is 2. The molecule has 0 aliphatic carbocycles. The van der Waals surface area contributed by atoms with Crippen molar-refractivity contribution in [1.29, 1.82) is 0 Å². The summed E-state index contributed by atoms with van der Waals surface area (Å²) in [5, 5.41) is 29.3. The van der Waals surface area contributed by atoms with E-state index in [1.54, 1.807) is 60.7 Å². The molecule has 0 heterocycles. The topological polar surface area (TPSA) is 188 Å². The predicted octanol–water partition coefficient (Wildman–Crippen LogP) is 7.31. The number of carbonyl (C=O) groups is 4. The van der Waals surface area contributed by atoms with Crippen molar-refractivity contribution in [3.05, 3.63) is 164 Å². The van der Waals surface area contributed by atoms with Crippen molar-refractivity contribution in [2.24, 2.45) is 0 Å². The van der Waals surface area contributed by atoms with Crippen molar-refractivity contribution in [1.82, 2.24) is 0 Å². The second kappa shape index (κ2) is 13.2. The molecule has 0 unspecified atom stereocenters. The van der Waals surface area contributed by atoms with Crippen LogP contribution in [0.1, 0.15) is 41.4 Å². The third-order valence-corrected chi connectivity index (χ3v) is 7.55. The Morgan fingerprint density at radius 2 is 0.878 bits per heavy atom. The number of nitrogens with zero attached hydrogens (tertiary/aromatic N) is 2. The van der Waals surface area contributed by atoms with E-state index in [2.05, 4.69) is 10.6 Å². The molecular weight excluding hydrogens is 632 g/mol. The molecule has 13 heteroatoms. The summed E-state index contributed by atoms with van der Waals surface area (Å²) >= 11 is 0. The average Bonchev–Trinajstić information content (AvgIpc) is 3.10. The number of nitro benzene ring substituents is 2. The van der Waals surface area contributed by atoms with Crippen LogP contribution in [0.3, 0.4) is 0 Å². The Morgan fingerprint density at radius 1 is 0.510 bits per heavy atom. The van der Waals surface area contributed by atoms with Gasteiger partial charge in [-0.15, -0.1) is 0 Å². The number of fused-ring (bicyclic) bond motifs is 2. The first-order chi connectivity index (χ1) is 23.6. The molecule has 13 nitrogen and oxygen atoms in total. The van der Waals surface area contributed by atoms with Crippen LogP contribution in [-0.2, 0) is 4.74 Å². The number of hydrogen-bond donors (Lipinski definition) is 2. The maximum absolute atomic E-state index is 13.6. The lowest BCUT2D eigenvalue weighted by atomic mass is 10.0. The van der Waals surface area contributed by atoms with Crippen LogP contribution in [0.5, 0.6) is 0 Å². The van der Waals surface area contributed by atoms with Crippen LogP contribution in [0.2, 0.25) is 0 Å². The Morgan fingerprint density at radius 3 is 1.24 bits per heavy atom. The summed E-state index contributed by atoms with van der Waals surface area (Å²) in [5.41, 5.74) is 0.320. The number of esters is 2. The van der Waals surface area contributed by atoms with E-state index in [-0.39, 0.29) is 45.0 Å². The van der Waals surface area contributed by atoms with Crippen LogP contribution in [0.15, 0.2) is 121 Å². The molecule has 0 fully saturated rings. The number of ether oxygens (including phenoxy) is 1. The molecule has 0 atom stereocenters. The number of rotatable bonds is 8. The van der Waals surface area contributed by atoms with E-state index >= 15 is 0 Å². The molecule has 0 saturated heterocycles. The lowest BCUT2D eigenvalue weighted by molar-refractivity contribution is -0.385. The maximum atomic E-state index is 13.6. The quantitative estimate of drug-likeness (QED) is 0.0734. The highest BCUT2D eigenvalue weighted by Crippen LogP contribution is 2.29. The number of anilines is 2. The molecule has 240 valence electrons. The molecule has 0 bridgehead atoms. The normalized spacial score (nSPS) is 10.7. The highest BCUT2D eigenvalue weighted by Gasteiger charge is 2.22. The molecule has 0 saturated carbocycles. The van der Waals surface area contributed by atoms with Gasteiger partial charge in [-0.1, -0.05) is 48.5 Å². The third kappa shape index (κ3) is 6.80. The van der Waals surface area contributed by atoms with E-state index in [9.17, 15) is 39.4 Å². The summed E-state index contributed by atoms with van der Waals surface area (Å²) < 4.78 is 5.37. The molecule has 6 aromatic carbocycles. The van der Waals surface area contributed by atoms with Crippen LogP contribution in [0, 0.1) is 20.2 Å². The molecule has 49 heavy (non-hydrogen) atoms. The van der Waals surface area contributed by atoms with Crippen molar-refractivity contribution in [2.45, 2.75) is 0 Å². The van der Waals surface area contributed by atoms with E-state index in [0.717, 1.165) is 0 Å². The molecular formula is C36H22N4O9. The SMILES string of the molecule is O=C(Nc1cc(C(=O)OC(=O)c2cc(NC(=O)c3ccc([N+](=O)[O-])cc3)cc3ccccc23)c2ccccc2c1)c1ccc([N+](=O)[O-])cc1. The summed E-state index contributed by atoms with van der Waals surface area (Å²) in [6, 6.07) is 29.5. The van der Waals surface area contributed by atoms with Crippen LogP contribution in [0.25, 0.3) is 21.5 Å². The van der Waals surface area contributed by atoms with Gasteiger partial charge >= 0.3 is 11.9 Å². The van der Waals surface area contributed by atoms with E-state index < -0.39 is 33.6 Å². The van der Waals surface area contributed by atoms with Gasteiger partial charge in [0.1, 0.15) is 0 Å². The standard InChI is InChI=1S/C36H22N4O9/c41-33(21-9-13-27(14-10-21)39(45)46)37-25-17-23-5-1-3-7-29(23)31(19-25)35(43)49-36(44)32-20-26(18-24-6-2-4-8-30(24)32)38-34(42)22-11-15-28(16-12-22)40(47)48/h1-20H,(H,37,41)(H,38,42). The number of carbonyl (C=O) groups excluding carboxylic acids is 4. The second-order valence-corrected chi connectivity index (χ2v) is 10.7. The van der Waals surface area contributed by atoms with Crippen molar-refractivity contribution in [2.75, 3.05) is 10.6 Å². The van der Waals surface area contributed by atoms with Gasteiger partial charge in [0, 0.05) is 46.8 Å². The maximum Gasteiger partial charge on any atom is 0.346 e. The average molecular weight is 655 g/mol. The van der Waals surface area contributed by atoms with Crippen LogP contribution >= 0.6 is 0 Å². The molecule has 0 spiro atoms. The van der Waals surface area contributed by atoms with E-state index in [0.29, 0.717) is 21.5 Å². The summed E-state index contributed by atoms with van der Waals surface area (Å²) in [6.45, 7) is 0. The van der Waals surface area contributed by atoms with Crippen molar-refractivity contribution >= 4 is 68.0 Å². The van der Waals surface area contributed by atoms with E-state index in [4.69, 9.17) is 4.74 Å². The number of non-ortho nitro benzene ring substituents is 2. The number of nitrogens with one attached hydrogen (secondary N) is 2. The van der Waals surface area contributed by atoms with E-state index in [1.807, 2.05) is 0 Å². The molecule has 6 rings (SSSR count). The van der Waals surface area contributed by atoms with Crippen molar-refractivity contribution < 1.29 is 33.8 Å². The largest absolute Gasteiger partial charge is 0.386 e. The first-order valence-corrected chi connectivity index (χ1v) is 14.5. The number of nitro groups is 2. The first-order valence-electron chi connectivity index (χ1n) is 14.5. The number of hydrogen-bond acceptors (Lipinski definition) is 9. The zero-order chi connectivity index (χ0) is 34.7. The van der Waals surface area contributed by atoms with Crippen molar-refractivity contribution in [3.8, 4) is 0 Å². The lowest BCUT2D eigenvalue weighted by Crippen LogP contribution is -2.16. The molecule has 2 amide bonds. The minimum absolute atomic E-state index is 0.0163. The van der Waals surface area contributed by atoms with Gasteiger partial charge in [-0.05, 0) is 70.1 Å². The fourth-order valence-electron chi connectivity index (χ4n) is 5.17. The Labute approximate surface area is 276 Å². The minimum Gasteiger partial charge on any atom is -0.386 e. The molecule has 6 aromatic rings. The fourth-order valence-corrected chi connectivity index (χ4v) is 5.17. The smallest absolute Gasteiger partial charge is 0.346 e. The van der Waals surface area contributed by atoms with Gasteiger partial charge in [-0.3, -0.25) is 29.8 Å². The summed E-state index contributed by atoms with van der Waals surface area (Å²) in [5.74, 6) is -3.17. The van der Waals surface area contributed by atoms with Gasteiger partial charge in [0.25, 0.3) is 23.2 Å². The Bertz CT molecular complexity index is 2170. The third-order valence-electron chi connectivity index (χ3n) is 7.55. The first kappa shape index (κ1) is 31.7. The second-order valence-electron chi connectivity index (χ2n) is 10.7. The van der Waals surface area contributed by atoms with Crippen LogP contribution < -0.4 is 10.6 Å². The highest BCUT2D eigenvalue weighted by atomic mass is 16.6. The van der Waals surface area contributed by atoms with Gasteiger partial charge in [-0.2, -0.15) is 0 Å². The molecule has 0 radical (unpaired) electrons. The van der Waals surface area contributed by atoms with Gasteiger partial charge in [0.2, 0.25) is 0 Å². The molecule has 0 aromatic heterocycles. The van der Waals surface area contributed by atoms with Gasteiger partial charge in [-0.25, -0.2) is 9.59 Å². The highest BCUT2D eigenvalue weighted by molar-refractivity contribution is 6.15. The Hall–Kier alpha value is -7.28. The molecule has 0 aliphatic rings. The Balaban J connectivity index is 1.27. The van der Waals surface area contributed by atoms with Crippen LogP contribution in [-0.4, -0.2) is 33.6 Å².